The van der Waals surface area contributed by atoms with Gasteiger partial charge < -0.3 is 10.1 Å². The minimum absolute atomic E-state index is 0.720. The van der Waals surface area contributed by atoms with Gasteiger partial charge in [0.2, 0.25) is 0 Å². The van der Waals surface area contributed by atoms with E-state index in [9.17, 15) is 0 Å². The van der Waals surface area contributed by atoms with E-state index in [1.807, 2.05) is 7.11 Å². The van der Waals surface area contributed by atoms with Crippen LogP contribution in [0.4, 0.5) is 0 Å². The summed E-state index contributed by atoms with van der Waals surface area (Å²) in [5, 5.41) is 3.48. The average molecular weight is 252 g/mol. The highest BCUT2D eigenvalue weighted by Crippen LogP contribution is 2.40. The summed E-state index contributed by atoms with van der Waals surface area (Å²) in [5.74, 6) is 1.86. The highest BCUT2D eigenvalue weighted by molar-refractivity contribution is 4.96. The number of piperidine rings is 1. The Labute approximate surface area is 111 Å². The molecule has 0 aromatic heterocycles. The molecule has 104 valence electrons. The number of ether oxygens (including phenoxy) is 1. The molecule has 3 nitrogen and oxygen atoms in total. The molecule has 1 unspecified atom stereocenters. The van der Waals surface area contributed by atoms with E-state index < -0.39 is 0 Å². The van der Waals surface area contributed by atoms with Crippen molar-refractivity contribution >= 4 is 0 Å². The topological polar surface area (TPSA) is 24.5 Å². The third kappa shape index (κ3) is 3.25. The lowest BCUT2D eigenvalue weighted by Gasteiger charge is -2.36. The maximum atomic E-state index is 5.50. The molecule has 1 atom stereocenters. The number of hydrogen-bond acceptors (Lipinski definition) is 3. The fraction of sp³-hybridized carbons (Fsp3) is 1.00. The van der Waals surface area contributed by atoms with Crippen molar-refractivity contribution in [1.29, 1.82) is 0 Å². The van der Waals surface area contributed by atoms with Crippen molar-refractivity contribution < 1.29 is 4.74 Å². The van der Waals surface area contributed by atoms with Crippen LogP contribution in [0.5, 0.6) is 0 Å². The molecule has 3 aliphatic rings. The Morgan fingerprint density at radius 2 is 1.83 bits per heavy atom. The van der Waals surface area contributed by atoms with Gasteiger partial charge in [0.15, 0.2) is 0 Å². The molecule has 1 saturated heterocycles. The van der Waals surface area contributed by atoms with Crippen LogP contribution >= 0.6 is 0 Å². The Morgan fingerprint density at radius 1 is 1.11 bits per heavy atom. The Morgan fingerprint density at radius 3 is 2.39 bits per heavy atom. The summed E-state index contributed by atoms with van der Waals surface area (Å²) in [6, 6.07) is 1.61. The number of nitrogens with one attached hydrogen (secondary N) is 1. The summed E-state index contributed by atoms with van der Waals surface area (Å²) in [6.07, 6.45) is 8.46. The normalized spacial score (nSPS) is 27.7. The van der Waals surface area contributed by atoms with Crippen molar-refractivity contribution in [2.45, 2.75) is 50.6 Å². The zero-order chi connectivity index (χ0) is 12.4. The molecule has 2 saturated carbocycles. The predicted octanol–water partition coefficient (Wildman–Crippen LogP) is 1.88. The molecule has 1 aliphatic heterocycles. The second kappa shape index (κ2) is 5.89. The van der Waals surface area contributed by atoms with Crippen molar-refractivity contribution in [3.63, 3.8) is 0 Å². The molecular weight excluding hydrogens is 224 g/mol. The van der Waals surface area contributed by atoms with E-state index in [1.165, 1.54) is 58.2 Å². The summed E-state index contributed by atoms with van der Waals surface area (Å²) < 4.78 is 5.50. The van der Waals surface area contributed by atoms with E-state index in [4.69, 9.17) is 4.74 Å². The third-order valence-electron chi connectivity index (χ3n) is 4.87. The van der Waals surface area contributed by atoms with Crippen molar-refractivity contribution in [1.82, 2.24) is 10.2 Å². The van der Waals surface area contributed by atoms with Gasteiger partial charge in [-0.2, -0.15) is 0 Å². The molecule has 3 rings (SSSR count). The molecule has 0 aromatic rings. The van der Waals surface area contributed by atoms with Crippen LogP contribution in [0, 0.1) is 11.8 Å². The first kappa shape index (κ1) is 12.9. The monoisotopic (exact) mass is 252 g/mol. The van der Waals surface area contributed by atoms with Crippen molar-refractivity contribution in [3.05, 3.63) is 0 Å². The maximum Gasteiger partial charge on any atom is 0.0620 e. The number of nitrogens with zero attached hydrogens (tertiary/aromatic N) is 1. The van der Waals surface area contributed by atoms with E-state index in [0.29, 0.717) is 0 Å². The zero-order valence-corrected chi connectivity index (χ0v) is 11.7. The quantitative estimate of drug-likeness (QED) is 0.749. The molecule has 2 aliphatic carbocycles. The van der Waals surface area contributed by atoms with Crippen LogP contribution in [0.2, 0.25) is 0 Å². The summed E-state index contributed by atoms with van der Waals surface area (Å²) in [6.45, 7) is 4.73. The molecule has 3 fully saturated rings. The largest absolute Gasteiger partial charge is 0.383 e. The van der Waals surface area contributed by atoms with E-state index in [-0.39, 0.29) is 0 Å². The smallest absolute Gasteiger partial charge is 0.0620 e. The van der Waals surface area contributed by atoms with Gasteiger partial charge in [-0.15, -0.1) is 0 Å². The van der Waals surface area contributed by atoms with Gasteiger partial charge in [-0.25, -0.2) is 0 Å². The van der Waals surface area contributed by atoms with Gasteiger partial charge in [0, 0.05) is 25.7 Å². The van der Waals surface area contributed by atoms with Crippen molar-refractivity contribution in [2.24, 2.45) is 11.8 Å². The van der Waals surface area contributed by atoms with Gasteiger partial charge in [0.05, 0.1) is 6.61 Å². The van der Waals surface area contributed by atoms with Crippen LogP contribution in [0.15, 0.2) is 0 Å². The van der Waals surface area contributed by atoms with Crippen LogP contribution in [0.1, 0.15) is 38.5 Å². The second-order valence-electron chi connectivity index (χ2n) is 6.48. The lowest BCUT2D eigenvalue weighted by Crippen LogP contribution is -2.46. The van der Waals surface area contributed by atoms with Crippen molar-refractivity contribution in [3.8, 4) is 0 Å². The first-order valence-electron chi connectivity index (χ1n) is 7.84. The lowest BCUT2D eigenvalue weighted by molar-refractivity contribution is 0.0572. The predicted molar refractivity (Wildman–Crippen MR) is 73.7 cm³/mol. The SMILES string of the molecule is COCC(C1CC1)N(CC1CCNCC1)C1CC1. The molecule has 0 spiro atoms. The summed E-state index contributed by atoms with van der Waals surface area (Å²) in [7, 11) is 1.87. The second-order valence-corrected chi connectivity index (χ2v) is 6.48. The molecule has 0 amide bonds. The molecule has 18 heavy (non-hydrogen) atoms. The van der Waals surface area contributed by atoms with Gasteiger partial charge in [-0.1, -0.05) is 0 Å². The Balaban J connectivity index is 1.58. The van der Waals surface area contributed by atoms with Gasteiger partial charge >= 0.3 is 0 Å². The highest BCUT2D eigenvalue weighted by Gasteiger charge is 2.42. The molecule has 0 radical (unpaired) electrons. The zero-order valence-electron chi connectivity index (χ0n) is 11.7. The first-order valence-corrected chi connectivity index (χ1v) is 7.84. The molecule has 1 N–H and O–H groups in total. The summed E-state index contributed by atoms with van der Waals surface area (Å²) in [5.41, 5.74) is 0. The first-order chi connectivity index (χ1) is 8.88. The van der Waals surface area contributed by atoms with E-state index in [1.54, 1.807) is 0 Å². The molecule has 1 heterocycles. The summed E-state index contributed by atoms with van der Waals surface area (Å²) >= 11 is 0. The lowest BCUT2D eigenvalue weighted by atomic mass is 9.96. The molecule has 3 heteroatoms. The Bertz CT molecular complexity index is 257. The number of rotatable bonds is 7. The van der Waals surface area contributed by atoms with E-state index in [2.05, 4.69) is 10.2 Å². The number of methoxy groups -OCH3 is 1. The fourth-order valence-electron chi connectivity index (χ4n) is 3.48. The standard InChI is InChI=1S/C15H28N2O/c1-18-11-15(13-2-3-13)17(14-4-5-14)10-12-6-8-16-9-7-12/h12-16H,2-11H2,1H3. The van der Waals surface area contributed by atoms with E-state index >= 15 is 0 Å². The van der Waals surface area contributed by atoms with Crippen LogP contribution in [-0.4, -0.2) is 50.3 Å². The van der Waals surface area contributed by atoms with Gasteiger partial charge in [0.25, 0.3) is 0 Å². The Kier molecular flexibility index (Phi) is 4.22. The van der Waals surface area contributed by atoms with Crippen LogP contribution in [0.3, 0.4) is 0 Å². The van der Waals surface area contributed by atoms with Crippen LogP contribution in [0.25, 0.3) is 0 Å². The van der Waals surface area contributed by atoms with Gasteiger partial charge in [0.1, 0.15) is 0 Å². The van der Waals surface area contributed by atoms with Crippen molar-refractivity contribution in [2.75, 3.05) is 33.4 Å². The third-order valence-corrected chi connectivity index (χ3v) is 4.87. The number of hydrogen-bond donors (Lipinski definition) is 1. The highest BCUT2D eigenvalue weighted by atomic mass is 16.5. The van der Waals surface area contributed by atoms with Gasteiger partial charge in [-0.3, -0.25) is 4.90 Å². The van der Waals surface area contributed by atoms with Crippen LogP contribution < -0.4 is 5.32 Å². The molecule has 0 aromatic carbocycles. The molecular formula is C15H28N2O. The maximum absolute atomic E-state index is 5.50. The molecule has 0 bridgehead atoms. The fourth-order valence-corrected chi connectivity index (χ4v) is 3.48. The minimum Gasteiger partial charge on any atom is -0.383 e. The minimum atomic E-state index is 0.720. The average Bonchev–Trinajstić information content (AvgIpc) is 3.28. The Hall–Kier alpha value is -0.120. The van der Waals surface area contributed by atoms with Crippen LogP contribution in [-0.2, 0) is 4.74 Å². The van der Waals surface area contributed by atoms with Gasteiger partial charge in [-0.05, 0) is 63.5 Å². The van der Waals surface area contributed by atoms with E-state index in [0.717, 1.165) is 30.5 Å². The summed E-state index contributed by atoms with van der Waals surface area (Å²) in [4.78, 5) is 2.83.